The molecule has 0 amide bonds. The van der Waals surface area contributed by atoms with Gasteiger partial charge in [0.2, 0.25) is 10.0 Å². The Balaban J connectivity index is 0.000000360. The summed E-state index contributed by atoms with van der Waals surface area (Å²) in [6.07, 6.45) is 0. The van der Waals surface area contributed by atoms with E-state index >= 15 is 0 Å². The minimum absolute atomic E-state index is 0.156. The maximum atomic E-state index is 10.7. The van der Waals surface area contributed by atoms with Crippen molar-refractivity contribution >= 4 is 29.8 Å². The van der Waals surface area contributed by atoms with Gasteiger partial charge in [-0.2, -0.15) is 0 Å². The first-order valence-corrected chi connectivity index (χ1v) is 13.9. The zero-order chi connectivity index (χ0) is 14.2. The van der Waals surface area contributed by atoms with E-state index in [4.69, 9.17) is 5.14 Å². The fourth-order valence-corrected chi connectivity index (χ4v) is 6.27. The van der Waals surface area contributed by atoms with Crippen LogP contribution >= 0.6 is 0 Å². The Morgan fingerprint density at radius 1 is 1.00 bits per heavy atom. The second kappa shape index (κ2) is 8.93. The summed E-state index contributed by atoms with van der Waals surface area (Å²) in [5.74, 6) is 0. The second-order valence-electron chi connectivity index (χ2n) is 4.17. The topological polar surface area (TPSA) is 60.2 Å². The molecule has 0 heterocycles. The van der Waals surface area contributed by atoms with Crippen molar-refractivity contribution in [2.45, 2.75) is 45.9 Å². The van der Waals surface area contributed by atoms with E-state index in [1.54, 1.807) is 25.4 Å². The molecule has 1 radical (unpaired) electrons. The van der Waals surface area contributed by atoms with Crippen LogP contribution in [-0.2, 0) is 10.0 Å². The largest absolute Gasteiger partial charge is 0.238 e. The van der Waals surface area contributed by atoms with E-state index in [1.165, 1.54) is 12.1 Å². The van der Waals surface area contributed by atoms with Gasteiger partial charge in [0.15, 0.2) is 0 Å². The monoisotopic (exact) mass is 378 g/mol. The summed E-state index contributed by atoms with van der Waals surface area (Å²) >= 11 is -0.653. The summed E-state index contributed by atoms with van der Waals surface area (Å²) < 4.78 is 26.1. The fourth-order valence-electron chi connectivity index (χ4n) is 1.48. The predicted molar refractivity (Wildman–Crippen MR) is 79.7 cm³/mol. The molecule has 1 aromatic rings. The van der Waals surface area contributed by atoms with E-state index in [2.05, 4.69) is 20.8 Å². The molecule has 0 saturated heterocycles. The van der Waals surface area contributed by atoms with Crippen LogP contribution in [0.3, 0.4) is 0 Å². The molecule has 0 atom stereocenters. The zero-order valence-corrected chi connectivity index (χ0v) is 15.4. The SMILES string of the molecule is C[CH2][Sn]([CH2]C)[CH2]C.Cc1ccc(S(N)(=O)=O)cc1. The first-order chi connectivity index (χ1) is 8.35. The van der Waals surface area contributed by atoms with Crippen LogP contribution in [0.25, 0.3) is 0 Å². The molecular weight excluding hydrogens is 353 g/mol. The fraction of sp³-hybridized carbons (Fsp3) is 0.538. The molecule has 1 rings (SSSR count). The van der Waals surface area contributed by atoms with Gasteiger partial charge in [-0.25, -0.2) is 13.6 Å². The molecule has 0 saturated carbocycles. The third-order valence-electron chi connectivity index (χ3n) is 2.85. The van der Waals surface area contributed by atoms with Gasteiger partial charge in [-0.3, -0.25) is 0 Å². The Labute approximate surface area is 119 Å². The number of primary sulfonamides is 1. The van der Waals surface area contributed by atoms with Crippen LogP contribution in [0.4, 0.5) is 0 Å². The van der Waals surface area contributed by atoms with Gasteiger partial charge >= 0.3 is 53.8 Å². The normalized spacial score (nSPS) is 11.0. The number of sulfonamides is 1. The molecule has 18 heavy (non-hydrogen) atoms. The van der Waals surface area contributed by atoms with E-state index < -0.39 is 29.8 Å². The van der Waals surface area contributed by atoms with Gasteiger partial charge in [-0.05, 0) is 19.1 Å². The quantitative estimate of drug-likeness (QED) is 0.820. The third-order valence-corrected chi connectivity index (χ3v) is 12.3. The predicted octanol–water partition coefficient (Wildman–Crippen LogP) is 3.18. The Bertz CT molecular complexity index is 419. The minimum atomic E-state index is -3.52. The van der Waals surface area contributed by atoms with Crippen LogP contribution in [0.1, 0.15) is 26.3 Å². The van der Waals surface area contributed by atoms with Gasteiger partial charge in [0.25, 0.3) is 0 Å². The smallest absolute Gasteiger partial charge is 0.225 e. The van der Waals surface area contributed by atoms with Crippen LogP contribution in [-0.4, -0.2) is 28.2 Å². The average Bonchev–Trinajstić information content (AvgIpc) is 2.31. The number of hydrogen-bond acceptors (Lipinski definition) is 2. The molecule has 2 N–H and O–H groups in total. The summed E-state index contributed by atoms with van der Waals surface area (Å²) in [5.41, 5.74) is 1.01. The van der Waals surface area contributed by atoms with Crippen molar-refractivity contribution < 1.29 is 8.42 Å². The maximum absolute atomic E-state index is 10.7. The Morgan fingerprint density at radius 3 is 1.61 bits per heavy atom. The molecule has 0 spiro atoms. The molecule has 1 aromatic carbocycles. The van der Waals surface area contributed by atoms with Crippen molar-refractivity contribution in [3.63, 3.8) is 0 Å². The average molecular weight is 377 g/mol. The number of hydrogen-bond donors (Lipinski definition) is 1. The van der Waals surface area contributed by atoms with Gasteiger partial charge in [0, 0.05) is 0 Å². The van der Waals surface area contributed by atoms with Crippen molar-refractivity contribution in [1.29, 1.82) is 0 Å². The summed E-state index contributed by atoms with van der Waals surface area (Å²) in [5, 5.41) is 4.88. The summed E-state index contributed by atoms with van der Waals surface area (Å²) in [7, 11) is -3.52. The van der Waals surface area contributed by atoms with Gasteiger partial charge < -0.3 is 0 Å². The third kappa shape index (κ3) is 7.38. The molecule has 0 bridgehead atoms. The molecule has 0 aromatic heterocycles. The Morgan fingerprint density at radius 2 is 1.39 bits per heavy atom. The van der Waals surface area contributed by atoms with Gasteiger partial charge in [-0.1, -0.05) is 17.7 Å². The summed E-state index contributed by atoms with van der Waals surface area (Å²) in [4.78, 5) is 0.156. The summed E-state index contributed by atoms with van der Waals surface area (Å²) in [6, 6.07) is 6.40. The van der Waals surface area contributed by atoms with Crippen molar-refractivity contribution in [3.05, 3.63) is 29.8 Å². The number of rotatable bonds is 4. The van der Waals surface area contributed by atoms with E-state index in [9.17, 15) is 8.42 Å². The van der Waals surface area contributed by atoms with E-state index in [1.807, 2.05) is 6.92 Å². The van der Waals surface area contributed by atoms with Crippen LogP contribution in [0, 0.1) is 6.92 Å². The first-order valence-electron chi connectivity index (χ1n) is 6.28. The number of benzene rings is 1. The maximum Gasteiger partial charge on any atom is 0.238 e. The molecular formula is C13H24NO2SSn. The minimum Gasteiger partial charge on any atom is -0.225 e. The first kappa shape index (κ1) is 17.9. The van der Waals surface area contributed by atoms with Gasteiger partial charge in [-0.15, -0.1) is 0 Å². The number of aryl methyl sites for hydroxylation is 1. The van der Waals surface area contributed by atoms with Crippen molar-refractivity contribution in [2.75, 3.05) is 0 Å². The molecule has 0 aliphatic rings. The second-order valence-corrected chi connectivity index (χ2v) is 16.1. The van der Waals surface area contributed by atoms with Crippen LogP contribution in [0.5, 0.6) is 0 Å². The van der Waals surface area contributed by atoms with Gasteiger partial charge in [0.05, 0.1) is 4.90 Å². The molecule has 0 unspecified atom stereocenters. The summed E-state index contributed by atoms with van der Waals surface area (Å²) in [6.45, 7) is 8.93. The zero-order valence-electron chi connectivity index (χ0n) is 11.7. The molecule has 103 valence electrons. The molecule has 0 fully saturated rings. The Kier molecular flexibility index (Phi) is 8.90. The molecule has 0 aliphatic carbocycles. The molecule has 0 aliphatic heterocycles. The standard InChI is InChI=1S/C7H9NO2S.3C2H5.Sn/c1-6-2-4-7(5-3-6)11(8,9)10;3*1-2;/h2-5H,1H3,(H2,8,9,10);3*1H2,2H3;. The molecule has 5 heteroatoms. The van der Waals surface area contributed by atoms with Crippen LogP contribution in [0.2, 0.25) is 13.3 Å². The van der Waals surface area contributed by atoms with Crippen molar-refractivity contribution in [3.8, 4) is 0 Å². The number of nitrogens with two attached hydrogens (primary N) is 1. The van der Waals surface area contributed by atoms with Crippen LogP contribution in [0.15, 0.2) is 29.2 Å². The van der Waals surface area contributed by atoms with E-state index in [0.29, 0.717) is 0 Å². The van der Waals surface area contributed by atoms with E-state index in [0.717, 1.165) is 5.56 Å². The Hall–Kier alpha value is -0.0713. The van der Waals surface area contributed by atoms with Gasteiger partial charge in [0.1, 0.15) is 0 Å². The van der Waals surface area contributed by atoms with E-state index in [-0.39, 0.29) is 4.90 Å². The van der Waals surface area contributed by atoms with Crippen molar-refractivity contribution in [1.82, 2.24) is 0 Å². The molecule has 3 nitrogen and oxygen atoms in total. The van der Waals surface area contributed by atoms with Crippen LogP contribution < -0.4 is 5.14 Å². The van der Waals surface area contributed by atoms with Crippen molar-refractivity contribution in [2.24, 2.45) is 5.14 Å².